The van der Waals surface area contributed by atoms with Crippen molar-refractivity contribution >= 4 is 35.3 Å². The third-order valence-corrected chi connectivity index (χ3v) is 9.58. The number of pyridine rings is 1. The highest BCUT2D eigenvalue weighted by molar-refractivity contribution is 6.32. The van der Waals surface area contributed by atoms with Crippen LogP contribution in [-0.2, 0) is 12.1 Å². The molecular weight excluding hydrogens is 613 g/mol. The Morgan fingerprint density at radius 2 is 1.53 bits per heavy atom. The van der Waals surface area contributed by atoms with Crippen LogP contribution in [0.3, 0.4) is 0 Å². The number of nitrogens with one attached hydrogen (secondary N) is 2. The van der Waals surface area contributed by atoms with Crippen molar-refractivity contribution in [3.8, 4) is 0 Å². The summed E-state index contributed by atoms with van der Waals surface area (Å²) in [5.41, 5.74) is 1.50. The van der Waals surface area contributed by atoms with Crippen LogP contribution in [0, 0.1) is 0 Å². The number of hydrogen-bond donors (Lipinski definition) is 4. The molecule has 2 unspecified atom stereocenters. The van der Waals surface area contributed by atoms with Gasteiger partial charge >= 0.3 is 12.1 Å². The fourth-order valence-electron chi connectivity index (χ4n) is 6.84. The summed E-state index contributed by atoms with van der Waals surface area (Å²) in [4.78, 5) is 32.5. The Hall–Kier alpha value is -3.37. The minimum atomic E-state index is -1.13. The van der Waals surface area contributed by atoms with Gasteiger partial charge in [-0.15, -0.1) is 0 Å². The van der Waals surface area contributed by atoms with Crippen LogP contribution in [0.25, 0.3) is 0 Å². The van der Waals surface area contributed by atoms with E-state index in [0.29, 0.717) is 34.3 Å². The zero-order valence-electron chi connectivity index (χ0n) is 25.8. The third-order valence-electron chi connectivity index (χ3n) is 8.90. The lowest BCUT2D eigenvalue weighted by atomic mass is 9.81. The summed E-state index contributed by atoms with van der Waals surface area (Å²) in [5, 5.41) is 28.4. The Labute approximate surface area is 274 Å². The molecule has 1 aromatic heterocycles. The molecule has 3 heterocycles. The van der Waals surface area contributed by atoms with Gasteiger partial charge in [-0.05, 0) is 81.8 Å². The van der Waals surface area contributed by atoms with E-state index in [9.17, 15) is 19.8 Å². The minimum Gasteiger partial charge on any atom is -0.465 e. The molecule has 3 aromatic rings. The van der Waals surface area contributed by atoms with Gasteiger partial charge in [-0.3, -0.25) is 9.88 Å². The monoisotopic (exact) mass is 653 g/mol. The van der Waals surface area contributed by atoms with E-state index in [2.05, 4.69) is 27.7 Å². The van der Waals surface area contributed by atoms with Crippen molar-refractivity contribution < 1.29 is 19.8 Å². The topological polar surface area (TPSA) is 118 Å². The molecular formula is C34H41Cl2N5O4. The van der Waals surface area contributed by atoms with E-state index in [1.807, 2.05) is 54.6 Å². The van der Waals surface area contributed by atoms with Gasteiger partial charge in [0, 0.05) is 40.8 Å². The number of urea groups is 1. The summed E-state index contributed by atoms with van der Waals surface area (Å²) in [6, 6.07) is 20.9. The van der Waals surface area contributed by atoms with Crippen LogP contribution in [0.5, 0.6) is 0 Å². The molecule has 240 valence electrons. The largest absolute Gasteiger partial charge is 0.465 e. The first-order valence-corrected chi connectivity index (χ1v) is 16.1. The number of aliphatic hydroxyl groups is 1. The van der Waals surface area contributed by atoms with E-state index in [-0.39, 0.29) is 37.8 Å². The number of amides is 3. The average molecular weight is 655 g/mol. The highest BCUT2D eigenvalue weighted by Gasteiger charge is 2.51. The van der Waals surface area contributed by atoms with Crippen molar-refractivity contribution in [1.29, 1.82) is 0 Å². The lowest BCUT2D eigenvalue weighted by Gasteiger charge is -2.47. The van der Waals surface area contributed by atoms with Gasteiger partial charge in [-0.1, -0.05) is 65.7 Å². The second-order valence-corrected chi connectivity index (χ2v) is 13.8. The highest BCUT2D eigenvalue weighted by Crippen LogP contribution is 2.51. The van der Waals surface area contributed by atoms with Gasteiger partial charge in [0.2, 0.25) is 0 Å². The molecule has 0 radical (unpaired) electrons. The SMILES string of the molecule is CC(C)(C)N(CCNC(=O)NCc1cccc(C2(O)CC3CCC(C2)N3C(c2ccccc2Cl)c2ccccc2Cl)n1)C(=O)O. The van der Waals surface area contributed by atoms with Gasteiger partial charge < -0.3 is 25.7 Å². The maximum atomic E-state index is 12.5. The van der Waals surface area contributed by atoms with E-state index in [1.54, 1.807) is 20.8 Å². The second-order valence-electron chi connectivity index (χ2n) is 12.9. The van der Waals surface area contributed by atoms with Crippen molar-refractivity contribution in [3.05, 3.63) is 99.3 Å². The molecule has 0 saturated carbocycles. The molecule has 11 heteroatoms. The molecule has 2 fully saturated rings. The summed E-state index contributed by atoms with van der Waals surface area (Å²) in [5.74, 6) is 0. The van der Waals surface area contributed by atoms with Gasteiger partial charge in [0.25, 0.3) is 0 Å². The highest BCUT2D eigenvalue weighted by atomic mass is 35.5. The van der Waals surface area contributed by atoms with E-state index in [4.69, 9.17) is 28.2 Å². The Kier molecular flexibility index (Phi) is 9.94. The first kappa shape index (κ1) is 33.0. The van der Waals surface area contributed by atoms with Crippen molar-refractivity contribution in [2.75, 3.05) is 13.1 Å². The van der Waals surface area contributed by atoms with Crippen molar-refractivity contribution in [3.63, 3.8) is 0 Å². The predicted octanol–water partition coefficient (Wildman–Crippen LogP) is 6.57. The zero-order valence-corrected chi connectivity index (χ0v) is 27.4. The number of piperidine rings is 1. The summed E-state index contributed by atoms with van der Waals surface area (Å²) in [6.45, 7) is 5.92. The number of carbonyl (C=O) groups excluding carboxylic acids is 1. The maximum Gasteiger partial charge on any atom is 0.407 e. The molecule has 0 spiro atoms. The zero-order chi connectivity index (χ0) is 32.4. The van der Waals surface area contributed by atoms with Gasteiger partial charge in [0.05, 0.1) is 24.0 Å². The Bertz CT molecular complexity index is 1470. The van der Waals surface area contributed by atoms with E-state index >= 15 is 0 Å². The van der Waals surface area contributed by atoms with Crippen LogP contribution >= 0.6 is 23.2 Å². The van der Waals surface area contributed by atoms with E-state index in [1.165, 1.54) is 4.90 Å². The molecule has 2 aliphatic heterocycles. The number of rotatable bonds is 9. The average Bonchev–Trinajstić information content (AvgIpc) is 3.25. The van der Waals surface area contributed by atoms with Crippen molar-refractivity contribution in [1.82, 2.24) is 25.4 Å². The number of fused-ring (bicyclic) bond motifs is 2. The molecule has 2 aliphatic rings. The standard InChI is InChI=1S/C34H41Cl2N5O4/c1-33(2,3)40(32(43)44)18-17-37-31(42)38-21-22-9-8-14-29(39-22)34(45)19-23-15-16-24(20-34)41(23)30(25-10-4-6-12-27(25)35)26-11-5-7-13-28(26)36/h4-14,23-24,30,45H,15-21H2,1-3H3,(H,43,44)(H2,37,38,42). The van der Waals surface area contributed by atoms with Crippen LogP contribution in [0.15, 0.2) is 66.7 Å². The second kappa shape index (κ2) is 13.5. The summed E-state index contributed by atoms with van der Waals surface area (Å²) in [6.07, 6.45) is 1.86. The molecule has 9 nitrogen and oxygen atoms in total. The first-order valence-electron chi connectivity index (χ1n) is 15.3. The predicted molar refractivity (Wildman–Crippen MR) is 175 cm³/mol. The molecule has 0 aliphatic carbocycles. The van der Waals surface area contributed by atoms with Crippen LogP contribution in [0.4, 0.5) is 9.59 Å². The summed E-state index contributed by atoms with van der Waals surface area (Å²) >= 11 is 13.5. The van der Waals surface area contributed by atoms with Crippen molar-refractivity contribution in [2.24, 2.45) is 0 Å². The third kappa shape index (κ3) is 7.38. The quantitative estimate of drug-likeness (QED) is 0.207. The fourth-order valence-corrected chi connectivity index (χ4v) is 7.32. The van der Waals surface area contributed by atoms with E-state index in [0.717, 1.165) is 24.0 Å². The molecule has 2 saturated heterocycles. The first-order chi connectivity index (χ1) is 21.4. The van der Waals surface area contributed by atoms with Crippen LogP contribution < -0.4 is 10.6 Å². The number of hydrogen-bond acceptors (Lipinski definition) is 5. The van der Waals surface area contributed by atoms with Crippen LogP contribution in [0.2, 0.25) is 10.0 Å². The van der Waals surface area contributed by atoms with Crippen molar-refractivity contribution in [2.45, 2.75) is 82.3 Å². The molecule has 3 amide bonds. The minimum absolute atomic E-state index is 0.0825. The number of benzene rings is 2. The van der Waals surface area contributed by atoms with E-state index < -0.39 is 23.3 Å². The van der Waals surface area contributed by atoms with Gasteiger partial charge in [-0.2, -0.15) is 0 Å². The number of nitrogens with zero attached hydrogens (tertiary/aromatic N) is 3. The van der Waals surface area contributed by atoms with Crippen LogP contribution in [-0.4, -0.2) is 67.8 Å². The number of halogens is 2. The lowest BCUT2D eigenvalue weighted by Crippen LogP contribution is -2.51. The maximum absolute atomic E-state index is 12.5. The molecule has 2 aromatic carbocycles. The molecule has 5 rings (SSSR count). The molecule has 2 bridgehead atoms. The number of carboxylic acid groups (broad SMARTS) is 1. The van der Waals surface area contributed by atoms with Crippen LogP contribution in [0.1, 0.15) is 75.0 Å². The van der Waals surface area contributed by atoms with Gasteiger partial charge in [0.15, 0.2) is 0 Å². The molecule has 45 heavy (non-hydrogen) atoms. The summed E-state index contributed by atoms with van der Waals surface area (Å²) in [7, 11) is 0. The number of carbonyl (C=O) groups is 2. The summed E-state index contributed by atoms with van der Waals surface area (Å²) < 4.78 is 0. The van der Waals surface area contributed by atoms with Gasteiger partial charge in [-0.25, -0.2) is 9.59 Å². The smallest absolute Gasteiger partial charge is 0.407 e. The Balaban J connectivity index is 1.27. The molecule has 2 atom stereocenters. The molecule has 4 N–H and O–H groups in total. The lowest BCUT2D eigenvalue weighted by molar-refractivity contribution is -0.0685. The normalized spacial score (nSPS) is 21.5. The Morgan fingerprint density at radius 3 is 2.07 bits per heavy atom. The fraction of sp³-hybridized carbons (Fsp3) is 0.441. The Morgan fingerprint density at radius 1 is 0.956 bits per heavy atom. The van der Waals surface area contributed by atoms with Gasteiger partial charge in [0.1, 0.15) is 5.60 Å². The number of aromatic nitrogens is 1.